The largest absolute Gasteiger partial charge is 0.355 e. The Morgan fingerprint density at radius 1 is 1.38 bits per heavy atom. The van der Waals surface area contributed by atoms with Crippen LogP contribution in [0.25, 0.3) is 11.4 Å². The number of thioether (sulfide) groups is 1. The number of nitrogens with one attached hydrogen (secondary N) is 1. The number of likely N-dealkylation sites (tertiary alicyclic amines) is 1. The standard InChI is InChI=1S/C21H29ClN4O2S/c1-21(2,3)29-12-10-23-20(27)15-7-6-11-26(13-15)14-18-24-19(25-28-18)16-8-4-5-9-17(16)22/h4-5,8-9,15H,6-7,10-14H2,1-3H3,(H,23,27). The molecule has 0 aliphatic carbocycles. The predicted molar refractivity (Wildman–Crippen MR) is 118 cm³/mol. The lowest BCUT2D eigenvalue weighted by atomic mass is 9.97. The second-order valence-electron chi connectivity index (χ2n) is 8.32. The summed E-state index contributed by atoms with van der Waals surface area (Å²) in [6.07, 6.45) is 1.91. The molecule has 1 N–H and O–H groups in total. The van der Waals surface area contributed by atoms with Crippen molar-refractivity contribution in [2.24, 2.45) is 5.92 Å². The second kappa shape index (κ2) is 9.96. The SMILES string of the molecule is CC(C)(C)SCCNC(=O)C1CCCN(Cc2nc(-c3ccccc3Cl)no2)C1. The Morgan fingerprint density at radius 3 is 2.93 bits per heavy atom. The van der Waals surface area contributed by atoms with Gasteiger partial charge in [0.1, 0.15) is 0 Å². The van der Waals surface area contributed by atoms with Crippen LogP contribution in [-0.2, 0) is 11.3 Å². The van der Waals surface area contributed by atoms with Crippen molar-refractivity contribution in [3.8, 4) is 11.4 Å². The number of benzene rings is 1. The third kappa shape index (κ3) is 6.73. The van der Waals surface area contributed by atoms with E-state index < -0.39 is 0 Å². The van der Waals surface area contributed by atoms with E-state index in [1.807, 2.05) is 30.0 Å². The zero-order valence-electron chi connectivity index (χ0n) is 17.3. The molecule has 1 saturated heterocycles. The van der Waals surface area contributed by atoms with Gasteiger partial charge < -0.3 is 9.84 Å². The molecule has 0 saturated carbocycles. The van der Waals surface area contributed by atoms with Crippen molar-refractivity contribution < 1.29 is 9.32 Å². The van der Waals surface area contributed by atoms with Crippen molar-refractivity contribution in [1.82, 2.24) is 20.4 Å². The van der Waals surface area contributed by atoms with Crippen LogP contribution in [0.15, 0.2) is 28.8 Å². The van der Waals surface area contributed by atoms with Crippen LogP contribution in [0.5, 0.6) is 0 Å². The van der Waals surface area contributed by atoms with Crippen LogP contribution >= 0.6 is 23.4 Å². The van der Waals surface area contributed by atoms with Gasteiger partial charge in [0, 0.05) is 29.2 Å². The summed E-state index contributed by atoms with van der Waals surface area (Å²) in [7, 11) is 0. The monoisotopic (exact) mass is 436 g/mol. The number of halogens is 1. The molecule has 1 amide bonds. The molecule has 8 heteroatoms. The molecule has 158 valence electrons. The van der Waals surface area contributed by atoms with Gasteiger partial charge in [-0.25, -0.2) is 0 Å². The maximum absolute atomic E-state index is 12.5. The number of hydrogen-bond acceptors (Lipinski definition) is 6. The summed E-state index contributed by atoms with van der Waals surface area (Å²) in [5.74, 6) is 2.12. The highest BCUT2D eigenvalue weighted by molar-refractivity contribution is 8.00. The second-order valence-corrected chi connectivity index (χ2v) is 10.6. The highest BCUT2D eigenvalue weighted by Crippen LogP contribution is 2.26. The van der Waals surface area contributed by atoms with Gasteiger partial charge in [0.25, 0.3) is 0 Å². The molecule has 1 aliphatic rings. The summed E-state index contributed by atoms with van der Waals surface area (Å²) < 4.78 is 5.64. The van der Waals surface area contributed by atoms with Gasteiger partial charge in [0.15, 0.2) is 0 Å². The van der Waals surface area contributed by atoms with E-state index in [0.717, 1.165) is 30.7 Å². The minimum atomic E-state index is 0.00865. The molecule has 1 unspecified atom stereocenters. The first-order chi connectivity index (χ1) is 13.8. The highest BCUT2D eigenvalue weighted by atomic mass is 35.5. The first-order valence-corrected chi connectivity index (χ1v) is 11.4. The number of piperidine rings is 1. The molecule has 1 aromatic carbocycles. The first-order valence-electron chi connectivity index (χ1n) is 10.0. The molecule has 0 bridgehead atoms. The van der Waals surface area contributed by atoms with E-state index in [9.17, 15) is 4.79 Å². The van der Waals surface area contributed by atoms with Gasteiger partial charge in [-0.3, -0.25) is 9.69 Å². The van der Waals surface area contributed by atoms with Crippen LogP contribution in [0, 0.1) is 5.92 Å². The Labute approximate surface area is 181 Å². The lowest BCUT2D eigenvalue weighted by Gasteiger charge is -2.31. The minimum Gasteiger partial charge on any atom is -0.355 e. The van der Waals surface area contributed by atoms with Gasteiger partial charge in [-0.15, -0.1) is 0 Å². The van der Waals surface area contributed by atoms with E-state index in [1.165, 1.54) is 0 Å². The molecule has 6 nitrogen and oxygen atoms in total. The molecule has 29 heavy (non-hydrogen) atoms. The van der Waals surface area contributed by atoms with Crippen molar-refractivity contribution in [2.45, 2.75) is 44.9 Å². The molecule has 2 aromatic rings. The molecule has 1 aromatic heterocycles. The van der Waals surface area contributed by atoms with Gasteiger partial charge in [-0.2, -0.15) is 16.7 Å². The summed E-state index contributed by atoms with van der Waals surface area (Å²) in [4.78, 5) is 19.2. The van der Waals surface area contributed by atoms with Gasteiger partial charge >= 0.3 is 0 Å². The minimum absolute atomic E-state index is 0.00865. The predicted octanol–water partition coefficient (Wildman–Crippen LogP) is 4.25. The Hall–Kier alpha value is -1.57. The number of hydrogen-bond donors (Lipinski definition) is 1. The molecule has 2 heterocycles. The van der Waals surface area contributed by atoms with E-state index in [-0.39, 0.29) is 16.6 Å². The van der Waals surface area contributed by atoms with Gasteiger partial charge in [-0.05, 0) is 31.5 Å². The maximum Gasteiger partial charge on any atom is 0.241 e. The lowest BCUT2D eigenvalue weighted by molar-refractivity contribution is -0.126. The quantitative estimate of drug-likeness (QED) is 0.654. The van der Waals surface area contributed by atoms with E-state index >= 15 is 0 Å². The van der Waals surface area contributed by atoms with Crippen LogP contribution in [0.3, 0.4) is 0 Å². The summed E-state index contributed by atoms with van der Waals surface area (Å²) in [6, 6.07) is 7.44. The zero-order valence-corrected chi connectivity index (χ0v) is 18.9. The molecule has 1 atom stereocenters. The summed E-state index contributed by atoms with van der Waals surface area (Å²) in [6.45, 7) is 9.45. The van der Waals surface area contributed by atoms with Crippen LogP contribution in [0.4, 0.5) is 0 Å². The third-order valence-corrected chi connectivity index (χ3v) is 6.36. The van der Waals surface area contributed by atoms with E-state index in [2.05, 4.69) is 41.1 Å². The van der Waals surface area contributed by atoms with Crippen molar-refractivity contribution in [3.63, 3.8) is 0 Å². The Balaban J connectivity index is 1.50. The molecular weight excluding hydrogens is 408 g/mol. The van der Waals surface area contributed by atoms with Crippen molar-refractivity contribution >= 4 is 29.3 Å². The molecule has 1 aliphatic heterocycles. The van der Waals surface area contributed by atoms with Crippen molar-refractivity contribution in [2.75, 3.05) is 25.4 Å². The average molecular weight is 437 g/mol. The fourth-order valence-electron chi connectivity index (χ4n) is 3.35. The van der Waals surface area contributed by atoms with E-state index in [4.69, 9.17) is 16.1 Å². The first kappa shape index (κ1) is 22.1. The van der Waals surface area contributed by atoms with Crippen LogP contribution in [0.2, 0.25) is 5.02 Å². The molecule has 1 fully saturated rings. The van der Waals surface area contributed by atoms with Crippen LogP contribution in [-0.4, -0.2) is 51.1 Å². The number of carbonyl (C=O) groups is 1. The molecular formula is C21H29ClN4O2S. The summed E-state index contributed by atoms with van der Waals surface area (Å²) in [5, 5.41) is 7.74. The Bertz CT molecular complexity index is 821. The fourth-order valence-corrected chi connectivity index (χ4v) is 4.39. The number of amides is 1. The van der Waals surface area contributed by atoms with Gasteiger partial charge in [0.05, 0.1) is 17.5 Å². The summed E-state index contributed by atoms with van der Waals surface area (Å²) >= 11 is 8.08. The van der Waals surface area contributed by atoms with Crippen LogP contribution < -0.4 is 5.32 Å². The van der Waals surface area contributed by atoms with Crippen LogP contribution in [0.1, 0.15) is 39.5 Å². The number of nitrogens with zero attached hydrogens (tertiary/aromatic N) is 3. The molecule has 0 radical (unpaired) electrons. The topological polar surface area (TPSA) is 71.3 Å². The Kier molecular flexibility index (Phi) is 7.60. The van der Waals surface area contributed by atoms with E-state index in [0.29, 0.717) is 36.4 Å². The smallest absolute Gasteiger partial charge is 0.241 e. The number of aromatic nitrogens is 2. The van der Waals surface area contributed by atoms with Gasteiger partial charge in [-0.1, -0.05) is 49.7 Å². The van der Waals surface area contributed by atoms with Crippen molar-refractivity contribution in [3.05, 3.63) is 35.2 Å². The Morgan fingerprint density at radius 2 is 2.17 bits per heavy atom. The molecule has 3 rings (SSSR count). The fraction of sp³-hybridized carbons (Fsp3) is 0.571. The number of rotatable bonds is 7. The van der Waals surface area contributed by atoms with E-state index in [1.54, 1.807) is 6.07 Å². The van der Waals surface area contributed by atoms with Crippen molar-refractivity contribution in [1.29, 1.82) is 0 Å². The maximum atomic E-state index is 12.5. The third-order valence-electron chi connectivity index (χ3n) is 4.75. The summed E-state index contributed by atoms with van der Waals surface area (Å²) in [5.41, 5.74) is 0.758. The highest BCUT2D eigenvalue weighted by Gasteiger charge is 2.27. The zero-order chi connectivity index (χ0) is 20.9. The average Bonchev–Trinajstić information content (AvgIpc) is 3.13. The lowest BCUT2D eigenvalue weighted by Crippen LogP contribution is -2.43. The molecule has 0 spiro atoms. The number of carbonyl (C=O) groups excluding carboxylic acids is 1. The normalized spacial score (nSPS) is 18.0. The van der Waals surface area contributed by atoms with Gasteiger partial charge in [0.2, 0.25) is 17.6 Å².